The highest BCUT2D eigenvalue weighted by molar-refractivity contribution is 6.99. The molecule has 0 aliphatic carbocycles. The van der Waals surface area contributed by atoms with Crippen LogP contribution in [0.2, 0.25) is 5.04 Å². The molecule has 1 aliphatic heterocycles. The topological polar surface area (TPSA) is 85.8 Å². The fourth-order valence-electron chi connectivity index (χ4n) is 6.40. The van der Waals surface area contributed by atoms with E-state index in [1.807, 2.05) is 55.1 Å². The van der Waals surface area contributed by atoms with Gasteiger partial charge in [0.1, 0.15) is 5.69 Å². The molecule has 1 aromatic heterocycles. The van der Waals surface area contributed by atoms with Crippen molar-refractivity contribution in [3.8, 4) is 5.75 Å². The number of hydrogen-bond donors (Lipinski definition) is 1. The second kappa shape index (κ2) is 14.2. The van der Waals surface area contributed by atoms with E-state index in [9.17, 15) is 4.79 Å². The number of carbonyl (C=O) groups is 1. The monoisotopic (exact) mass is 654 g/mol. The highest BCUT2D eigenvalue weighted by Gasteiger charge is 2.50. The van der Waals surface area contributed by atoms with Gasteiger partial charge < -0.3 is 18.9 Å². The van der Waals surface area contributed by atoms with Gasteiger partial charge in [0.05, 0.1) is 36.3 Å². The summed E-state index contributed by atoms with van der Waals surface area (Å²) in [5.74, 6) is -1.46. The molecule has 0 radical (unpaired) electrons. The fourth-order valence-corrected chi connectivity index (χ4v) is 10.9. The number of hydrogen-bond acceptors (Lipinski definition) is 8. The number of aromatic nitrogens is 2. The highest BCUT2D eigenvalue weighted by atomic mass is 28.4. The molecule has 246 valence electrons. The van der Waals surface area contributed by atoms with Gasteiger partial charge in [-0.1, -0.05) is 88.0 Å². The molecule has 1 N–H and O–H groups in total. The Morgan fingerprint density at radius 3 is 2.15 bits per heavy atom. The maximum absolute atomic E-state index is 17.1. The Hall–Kier alpha value is -4.38. The van der Waals surface area contributed by atoms with Crippen molar-refractivity contribution >= 4 is 30.2 Å². The van der Waals surface area contributed by atoms with Gasteiger partial charge in [0.2, 0.25) is 11.5 Å². The number of anilines is 1. The van der Waals surface area contributed by atoms with Gasteiger partial charge in [0, 0.05) is 36.7 Å². The van der Waals surface area contributed by atoms with Crippen LogP contribution in [0.25, 0.3) is 0 Å². The number of nitrogens with one attached hydrogen (secondary N) is 1. The molecule has 4 aromatic rings. The summed E-state index contributed by atoms with van der Waals surface area (Å²) in [6, 6.07) is 22.2. The molecule has 0 spiro atoms. The Balaban J connectivity index is 1.73. The normalized spacial score (nSPS) is 16.9. The smallest absolute Gasteiger partial charge is 0.261 e. The van der Waals surface area contributed by atoms with E-state index in [0.717, 1.165) is 10.4 Å². The van der Waals surface area contributed by atoms with E-state index in [2.05, 4.69) is 67.1 Å². The zero-order valence-electron chi connectivity index (χ0n) is 27.9. The molecular formula is C37H43FN4O4Si. The van der Waals surface area contributed by atoms with Crippen LogP contribution < -0.4 is 25.6 Å². The third-order valence-electron chi connectivity index (χ3n) is 8.24. The largest absolute Gasteiger partial charge is 0.403 e. The summed E-state index contributed by atoms with van der Waals surface area (Å²) in [6.45, 7) is 16.9. The molecule has 1 saturated heterocycles. The maximum atomic E-state index is 17.1. The Morgan fingerprint density at radius 2 is 1.64 bits per heavy atom. The minimum absolute atomic E-state index is 0.00379. The van der Waals surface area contributed by atoms with Crippen LogP contribution in [0.15, 0.2) is 97.6 Å². The second-order valence-corrected chi connectivity index (χ2v) is 17.4. The van der Waals surface area contributed by atoms with Crippen LogP contribution in [-0.2, 0) is 15.8 Å². The molecule has 10 heteroatoms. The molecule has 5 rings (SSSR count). The first-order chi connectivity index (χ1) is 22.4. The van der Waals surface area contributed by atoms with E-state index in [1.165, 1.54) is 18.6 Å². The van der Waals surface area contributed by atoms with Gasteiger partial charge in [-0.05, 0) is 42.2 Å². The Morgan fingerprint density at radius 1 is 1.04 bits per heavy atom. The summed E-state index contributed by atoms with van der Waals surface area (Å²) < 4.78 is 30.4. The molecule has 2 heterocycles. The number of morpholine rings is 1. The number of rotatable bonds is 11. The first-order valence-electron chi connectivity index (χ1n) is 15.8. The summed E-state index contributed by atoms with van der Waals surface area (Å²) in [5, 5.41) is 1.87. The van der Waals surface area contributed by atoms with Crippen molar-refractivity contribution in [3.63, 3.8) is 0 Å². The molecular weight excluding hydrogens is 612 g/mol. The molecule has 0 bridgehead atoms. The van der Waals surface area contributed by atoms with Gasteiger partial charge in [-0.25, -0.2) is 14.9 Å². The fraction of sp³-hybridized carbons (Fsp3) is 0.324. The Kier molecular flexibility index (Phi) is 10.2. The molecule has 1 aliphatic rings. The van der Waals surface area contributed by atoms with E-state index < -0.39 is 19.9 Å². The lowest BCUT2D eigenvalue weighted by Gasteiger charge is -2.43. The lowest BCUT2D eigenvalue weighted by Crippen LogP contribution is -2.66. The van der Waals surface area contributed by atoms with Gasteiger partial charge in [-0.15, -0.1) is 0 Å². The number of carbonyl (C=O) groups excluding carboxylic acids is 1. The van der Waals surface area contributed by atoms with E-state index in [0.29, 0.717) is 30.0 Å². The SMILES string of the molecule is C=C(C)NOc1c(C(=O)c2cnccn2)cc(CO[Si](c2ccccc2)(c2ccccc2)C(C)(C)C)c(N2C[C@@H](C)O[C@H](C)C2)c1F. The van der Waals surface area contributed by atoms with Crippen LogP contribution in [0, 0.1) is 5.82 Å². The number of benzene rings is 3. The van der Waals surface area contributed by atoms with E-state index in [4.69, 9.17) is 14.0 Å². The van der Waals surface area contributed by atoms with Crippen molar-refractivity contribution in [3.05, 3.63) is 120 Å². The predicted octanol–water partition coefficient (Wildman–Crippen LogP) is 5.95. The molecule has 1 fully saturated rings. The van der Waals surface area contributed by atoms with Gasteiger partial charge in [-0.3, -0.25) is 9.78 Å². The average molecular weight is 655 g/mol. The predicted molar refractivity (Wildman–Crippen MR) is 185 cm³/mol. The molecule has 0 unspecified atom stereocenters. The van der Waals surface area contributed by atoms with Gasteiger partial charge in [0.25, 0.3) is 8.32 Å². The zero-order chi connectivity index (χ0) is 33.8. The maximum Gasteiger partial charge on any atom is 0.261 e. The van der Waals surface area contributed by atoms with Gasteiger partial charge in [0.15, 0.2) is 5.82 Å². The Bertz CT molecular complexity index is 1650. The van der Waals surface area contributed by atoms with E-state index >= 15 is 4.39 Å². The first kappa shape index (κ1) is 34.0. The lowest BCUT2D eigenvalue weighted by molar-refractivity contribution is -0.00554. The molecule has 2 atom stereocenters. The van der Waals surface area contributed by atoms with Crippen LogP contribution in [0.5, 0.6) is 5.75 Å². The number of halogens is 1. The van der Waals surface area contributed by atoms with Crippen LogP contribution in [-0.4, -0.2) is 49.4 Å². The summed E-state index contributed by atoms with van der Waals surface area (Å²) in [6.07, 6.45) is 3.96. The number of allylic oxidation sites excluding steroid dienone is 1. The van der Waals surface area contributed by atoms with Crippen molar-refractivity contribution in [1.29, 1.82) is 0 Å². The number of ketones is 1. The van der Waals surface area contributed by atoms with Crippen molar-refractivity contribution in [1.82, 2.24) is 15.4 Å². The molecule has 0 saturated carbocycles. The third-order valence-corrected chi connectivity index (χ3v) is 13.2. The first-order valence-corrected chi connectivity index (χ1v) is 17.7. The minimum Gasteiger partial charge on any atom is -0.403 e. The molecule has 3 aromatic carbocycles. The van der Waals surface area contributed by atoms with E-state index in [-0.39, 0.29) is 40.9 Å². The van der Waals surface area contributed by atoms with Crippen molar-refractivity contribution < 1.29 is 23.2 Å². The van der Waals surface area contributed by atoms with E-state index in [1.54, 1.807) is 13.0 Å². The number of nitrogens with zero attached hydrogens (tertiary/aromatic N) is 3. The second-order valence-electron chi connectivity index (χ2n) is 13.1. The zero-order valence-corrected chi connectivity index (χ0v) is 28.9. The van der Waals surface area contributed by atoms with Crippen LogP contribution in [0.4, 0.5) is 10.1 Å². The van der Waals surface area contributed by atoms with Crippen molar-refractivity contribution in [2.45, 2.75) is 65.4 Å². The van der Waals surface area contributed by atoms with Crippen molar-refractivity contribution in [2.75, 3.05) is 18.0 Å². The van der Waals surface area contributed by atoms with Gasteiger partial charge in [-0.2, -0.15) is 0 Å². The summed E-state index contributed by atoms with van der Waals surface area (Å²) in [7, 11) is -3.03. The summed E-state index contributed by atoms with van der Waals surface area (Å²) in [4.78, 5) is 29.9. The van der Waals surface area contributed by atoms with Crippen LogP contribution >= 0.6 is 0 Å². The minimum atomic E-state index is -3.03. The summed E-state index contributed by atoms with van der Waals surface area (Å²) >= 11 is 0. The number of hydroxylamine groups is 1. The summed E-state index contributed by atoms with van der Waals surface area (Å²) in [5.41, 5.74) is 3.97. The molecule has 47 heavy (non-hydrogen) atoms. The molecule has 8 nitrogen and oxygen atoms in total. The third kappa shape index (κ3) is 7.14. The number of ether oxygens (including phenoxy) is 1. The molecule has 0 amide bonds. The highest BCUT2D eigenvalue weighted by Crippen LogP contribution is 2.41. The standard InChI is InChI=1S/C37H43FN4O4Si/c1-25(2)41-46-36-31(35(43)32-21-39-18-19-40-32)20-28(34(33(36)38)42-22-26(3)45-27(4)23-42)24-44-47(37(5,6)7,29-14-10-8-11-15-29)30-16-12-9-13-17-30/h8-21,26-27,41H,1,22-24H2,2-7H3/t26-,27-/m1/s1. The Labute approximate surface area is 277 Å². The van der Waals surface area contributed by atoms with Gasteiger partial charge >= 0.3 is 0 Å². The van der Waals surface area contributed by atoms with Crippen LogP contribution in [0.3, 0.4) is 0 Å². The van der Waals surface area contributed by atoms with Crippen molar-refractivity contribution in [2.24, 2.45) is 0 Å². The quantitative estimate of drug-likeness (QED) is 0.121. The average Bonchev–Trinajstić information content (AvgIpc) is 3.04. The van der Waals surface area contributed by atoms with Crippen LogP contribution in [0.1, 0.15) is 63.2 Å². The lowest BCUT2D eigenvalue weighted by atomic mass is 10.00.